The van der Waals surface area contributed by atoms with Gasteiger partial charge in [-0.1, -0.05) is 23.4 Å². The summed E-state index contributed by atoms with van der Waals surface area (Å²) in [6.07, 6.45) is 1.10. The first-order chi connectivity index (χ1) is 10.1. The highest BCUT2D eigenvalue weighted by atomic mass is 16.5. The molecule has 0 saturated carbocycles. The van der Waals surface area contributed by atoms with Gasteiger partial charge in [0.1, 0.15) is 5.76 Å². The predicted octanol–water partition coefficient (Wildman–Crippen LogP) is 1.75. The highest BCUT2D eigenvalue weighted by Gasteiger charge is 2.27. The Kier molecular flexibility index (Phi) is 3.51. The number of hydrogen-bond donors (Lipinski definition) is 1. The Balaban J connectivity index is 1.88. The second-order valence-electron chi connectivity index (χ2n) is 5.58. The smallest absolute Gasteiger partial charge is 0.231 e. The van der Waals surface area contributed by atoms with Crippen LogP contribution in [0.5, 0.6) is 0 Å². The maximum absolute atomic E-state index is 12.7. The van der Waals surface area contributed by atoms with E-state index in [0.717, 1.165) is 28.9 Å². The molecule has 110 valence electrons. The van der Waals surface area contributed by atoms with Crippen LogP contribution in [0.3, 0.4) is 0 Å². The molecule has 1 atom stereocenters. The Hall–Kier alpha value is -2.14. The van der Waals surface area contributed by atoms with Gasteiger partial charge in [-0.2, -0.15) is 0 Å². The third-order valence-corrected chi connectivity index (χ3v) is 3.99. The first-order valence-electron chi connectivity index (χ1n) is 7.12. The van der Waals surface area contributed by atoms with E-state index in [1.54, 1.807) is 4.90 Å². The molecule has 0 bridgehead atoms. The normalized spacial score (nSPS) is 17.7. The summed E-state index contributed by atoms with van der Waals surface area (Å²) in [5, 5.41) is 3.90. The lowest BCUT2D eigenvalue weighted by Crippen LogP contribution is -2.46. The molecule has 0 saturated heterocycles. The summed E-state index contributed by atoms with van der Waals surface area (Å²) in [6.45, 7) is 4.24. The quantitative estimate of drug-likeness (QED) is 0.912. The highest BCUT2D eigenvalue weighted by Crippen LogP contribution is 2.27. The highest BCUT2D eigenvalue weighted by molar-refractivity contribution is 5.96. The van der Waals surface area contributed by atoms with Crippen LogP contribution in [0.15, 0.2) is 28.8 Å². The van der Waals surface area contributed by atoms with Crippen molar-refractivity contribution < 1.29 is 9.32 Å². The van der Waals surface area contributed by atoms with E-state index in [1.807, 2.05) is 38.1 Å². The van der Waals surface area contributed by atoms with Crippen LogP contribution >= 0.6 is 0 Å². The van der Waals surface area contributed by atoms with Crippen molar-refractivity contribution in [2.45, 2.75) is 32.7 Å². The van der Waals surface area contributed by atoms with Crippen molar-refractivity contribution in [1.82, 2.24) is 5.16 Å². The molecule has 1 aliphatic rings. The van der Waals surface area contributed by atoms with E-state index in [1.165, 1.54) is 0 Å². The summed E-state index contributed by atoms with van der Waals surface area (Å²) >= 11 is 0. The van der Waals surface area contributed by atoms with Gasteiger partial charge in [0.05, 0.1) is 12.1 Å². The van der Waals surface area contributed by atoms with E-state index in [9.17, 15) is 4.79 Å². The van der Waals surface area contributed by atoms with Crippen LogP contribution in [0, 0.1) is 13.8 Å². The van der Waals surface area contributed by atoms with Gasteiger partial charge in [0, 0.05) is 23.8 Å². The van der Waals surface area contributed by atoms with Gasteiger partial charge in [0.15, 0.2) is 0 Å². The predicted molar refractivity (Wildman–Crippen MR) is 80.2 cm³/mol. The molecule has 2 heterocycles. The van der Waals surface area contributed by atoms with E-state index in [0.29, 0.717) is 18.7 Å². The third kappa shape index (κ3) is 2.56. The molecule has 0 aliphatic carbocycles. The summed E-state index contributed by atoms with van der Waals surface area (Å²) in [6, 6.07) is 7.92. The summed E-state index contributed by atoms with van der Waals surface area (Å²) in [4.78, 5) is 14.5. The van der Waals surface area contributed by atoms with Crippen LogP contribution < -0.4 is 10.6 Å². The lowest BCUT2D eigenvalue weighted by atomic mass is 9.97. The molecule has 0 spiro atoms. The van der Waals surface area contributed by atoms with Crippen LogP contribution in [-0.2, 0) is 17.6 Å². The molecule has 3 rings (SSSR count). The molecule has 1 aromatic carbocycles. The molecule has 5 nitrogen and oxygen atoms in total. The molecule has 5 heteroatoms. The number of amides is 1. The average molecular weight is 285 g/mol. The SMILES string of the molecule is Cc1noc(C)c1CC(=O)N1CC(N)Cc2ccccc21. The number of carbonyl (C=O) groups is 1. The lowest BCUT2D eigenvalue weighted by Gasteiger charge is -2.33. The molecule has 1 aliphatic heterocycles. The zero-order valence-corrected chi connectivity index (χ0v) is 12.3. The molecule has 1 unspecified atom stereocenters. The second kappa shape index (κ2) is 5.33. The topological polar surface area (TPSA) is 72.4 Å². The molecular formula is C16H19N3O2. The molecular weight excluding hydrogens is 266 g/mol. The van der Waals surface area contributed by atoms with Crippen LogP contribution in [0.25, 0.3) is 0 Å². The maximum Gasteiger partial charge on any atom is 0.231 e. The number of hydrogen-bond acceptors (Lipinski definition) is 4. The van der Waals surface area contributed by atoms with E-state index >= 15 is 0 Å². The standard InChI is InChI=1S/C16H19N3O2/c1-10-14(11(2)21-18-10)8-16(20)19-9-13(17)7-12-5-3-4-6-15(12)19/h3-6,13H,7-9,17H2,1-2H3. The minimum Gasteiger partial charge on any atom is -0.361 e. The average Bonchev–Trinajstić information content (AvgIpc) is 2.78. The monoisotopic (exact) mass is 285 g/mol. The largest absolute Gasteiger partial charge is 0.361 e. The Morgan fingerprint density at radius 2 is 2.19 bits per heavy atom. The number of aryl methyl sites for hydroxylation is 2. The van der Waals surface area contributed by atoms with Gasteiger partial charge in [-0.15, -0.1) is 0 Å². The van der Waals surface area contributed by atoms with E-state index in [-0.39, 0.29) is 11.9 Å². The van der Waals surface area contributed by atoms with Crippen molar-refractivity contribution in [1.29, 1.82) is 0 Å². The minimum atomic E-state index is -0.0199. The Morgan fingerprint density at radius 3 is 2.90 bits per heavy atom. The van der Waals surface area contributed by atoms with Crippen LogP contribution in [0.1, 0.15) is 22.6 Å². The number of rotatable bonds is 2. The number of nitrogens with zero attached hydrogens (tertiary/aromatic N) is 2. The van der Waals surface area contributed by atoms with Crippen molar-refractivity contribution >= 4 is 11.6 Å². The van der Waals surface area contributed by atoms with Gasteiger partial charge in [-0.25, -0.2) is 0 Å². The van der Waals surface area contributed by atoms with Crippen LogP contribution in [-0.4, -0.2) is 23.7 Å². The fourth-order valence-corrected chi connectivity index (χ4v) is 2.86. The van der Waals surface area contributed by atoms with Gasteiger partial charge < -0.3 is 15.2 Å². The molecule has 0 radical (unpaired) electrons. The summed E-state index contributed by atoms with van der Waals surface area (Å²) in [5.41, 5.74) is 9.83. The Bertz CT molecular complexity index is 658. The van der Waals surface area contributed by atoms with Crippen molar-refractivity contribution in [3.8, 4) is 0 Å². The van der Waals surface area contributed by atoms with Crippen molar-refractivity contribution in [2.75, 3.05) is 11.4 Å². The molecule has 0 fully saturated rings. The number of fused-ring (bicyclic) bond motifs is 1. The first-order valence-corrected chi connectivity index (χ1v) is 7.12. The Labute approximate surface area is 123 Å². The zero-order chi connectivity index (χ0) is 15.0. The fourth-order valence-electron chi connectivity index (χ4n) is 2.86. The Morgan fingerprint density at radius 1 is 1.43 bits per heavy atom. The first kappa shape index (κ1) is 13.8. The van der Waals surface area contributed by atoms with Gasteiger partial charge in [0.25, 0.3) is 0 Å². The zero-order valence-electron chi connectivity index (χ0n) is 12.3. The molecule has 2 N–H and O–H groups in total. The van der Waals surface area contributed by atoms with E-state index < -0.39 is 0 Å². The van der Waals surface area contributed by atoms with E-state index in [2.05, 4.69) is 5.16 Å². The number of para-hydroxylation sites is 1. The number of carbonyl (C=O) groups excluding carboxylic acids is 1. The fraction of sp³-hybridized carbons (Fsp3) is 0.375. The molecule has 21 heavy (non-hydrogen) atoms. The lowest BCUT2D eigenvalue weighted by molar-refractivity contribution is -0.118. The van der Waals surface area contributed by atoms with Crippen LogP contribution in [0.4, 0.5) is 5.69 Å². The van der Waals surface area contributed by atoms with Crippen molar-refractivity contribution in [3.63, 3.8) is 0 Å². The van der Waals surface area contributed by atoms with Gasteiger partial charge in [-0.3, -0.25) is 4.79 Å². The summed E-state index contributed by atoms with van der Waals surface area (Å²) in [7, 11) is 0. The number of anilines is 1. The molecule has 2 aromatic rings. The van der Waals surface area contributed by atoms with E-state index in [4.69, 9.17) is 10.3 Å². The van der Waals surface area contributed by atoms with Crippen molar-refractivity contribution in [3.05, 3.63) is 46.8 Å². The molecule has 1 aromatic heterocycles. The summed E-state index contributed by atoms with van der Waals surface area (Å²) < 4.78 is 5.13. The second-order valence-corrected chi connectivity index (χ2v) is 5.58. The minimum absolute atomic E-state index is 0.0199. The number of benzene rings is 1. The summed E-state index contributed by atoms with van der Waals surface area (Å²) in [5.74, 6) is 0.738. The number of aromatic nitrogens is 1. The van der Waals surface area contributed by atoms with Crippen molar-refractivity contribution in [2.24, 2.45) is 5.73 Å². The molecule has 1 amide bonds. The number of nitrogens with two attached hydrogens (primary N) is 1. The third-order valence-electron chi connectivity index (χ3n) is 3.99. The van der Waals surface area contributed by atoms with Gasteiger partial charge in [0.2, 0.25) is 5.91 Å². The van der Waals surface area contributed by atoms with Gasteiger partial charge >= 0.3 is 0 Å². The maximum atomic E-state index is 12.7. The van der Waals surface area contributed by atoms with Crippen LogP contribution in [0.2, 0.25) is 0 Å². The van der Waals surface area contributed by atoms with Gasteiger partial charge in [-0.05, 0) is 31.9 Å².